The summed E-state index contributed by atoms with van der Waals surface area (Å²) in [6.45, 7) is 5.20. The normalized spacial score (nSPS) is 11.8. The van der Waals surface area contributed by atoms with Gasteiger partial charge in [-0.3, -0.25) is 4.40 Å². The second-order valence-electron chi connectivity index (χ2n) is 8.18. The Balaban J connectivity index is 1.90. The number of nitrogens with zero attached hydrogens (tertiary/aromatic N) is 4. The summed E-state index contributed by atoms with van der Waals surface area (Å²) >= 11 is 0. The van der Waals surface area contributed by atoms with Gasteiger partial charge in [0.1, 0.15) is 28.9 Å². The monoisotopic (exact) mass is 471 g/mol. The van der Waals surface area contributed by atoms with Gasteiger partial charge in [-0.25, -0.2) is 17.6 Å². The van der Waals surface area contributed by atoms with E-state index in [0.29, 0.717) is 16.9 Å². The first-order chi connectivity index (χ1) is 16.1. The van der Waals surface area contributed by atoms with E-state index in [1.807, 2.05) is 0 Å². The number of halogens is 4. The molecule has 0 bridgehead atoms. The Labute approximate surface area is 193 Å². The standard InChI is InChI=1S/C24H21F4N5O/c1-13-31-32-23-30-22(21-17(12-20(27)28)18(26)5-6-19(21)33(13)23)29-16-10-14(9-15(25)11-16)7-8-24(2,3)34-4/h5-6,9-11,20H,12H2,1-4H3,(H,29,30,32). The maximum Gasteiger partial charge on any atom is 0.257 e. The maximum absolute atomic E-state index is 14.7. The summed E-state index contributed by atoms with van der Waals surface area (Å²) < 4.78 is 62.5. The molecule has 6 nitrogen and oxygen atoms in total. The number of alkyl halides is 2. The lowest BCUT2D eigenvalue weighted by Crippen LogP contribution is -2.19. The molecule has 0 fully saturated rings. The molecule has 0 aliphatic heterocycles. The van der Waals surface area contributed by atoms with Gasteiger partial charge in [0, 0.05) is 35.7 Å². The van der Waals surface area contributed by atoms with E-state index < -0.39 is 30.1 Å². The van der Waals surface area contributed by atoms with Crippen molar-refractivity contribution in [2.24, 2.45) is 0 Å². The number of benzene rings is 2. The van der Waals surface area contributed by atoms with Crippen LogP contribution in [0, 0.1) is 30.4 Å². The number of ether oxygens (including phenoxy) is 1. The van der Waals surface area contributed by atoms with Crippen LogP contribution in [-0.4, -0.2) is 38.7 Å². The highest BCUT2D eigenvalue weighted by molar-refractivity contribution is 5.95. The molecule has 0 saturated heterocycles. The zero-order chi connectivity index (χ0) is 24.6. The number of hydrogen-bond acceptors (Lipinski definition) is 5. The van der Waals surface area contributed by atoms with Crippen molar-refractivity contribution in [2.45, 2.75) is 39.2 Å². The SMILES string of the molecule is COC(C)(C)C#Cc1cc(F)cc(Nc2nc3nnc(C)n3c3ccc(F)c(CC(F)F)c23)c1. The van der Waals surface area contributed by atoms with Gasteiger partial charge in [0.25, 0.3) is 5.78 Å². The Bertz CT molecular complexity index is 1450. The fraction of sp³-hybridized carbons (Fsp3) is 0.292. The largest absolute Gasteiger partial charge is 0.366 e. The van der Waals surface area contributed by atoms with Gasteiger partial charge in [0.15, 0.2) is 0 Å². The zero-order valence-corrected chi connectivity index (χ0v) is 18.9. The third-order valence-corrected chi connectivity index (χ3v) is 5.27. The number of anilines is 2. The molecule has 4 aromatic rings. The van der Waals surface area contributed by atoms with Crippen LogP contribution in [0.15, 0.2) is 30.3 Å². The van der Waals surface area contributed by atoms with Crippen LogP contribution < -0.4 is 5.32 Å². The predicted octanol–water partition coefficient (Wildman–Crippen LogP) is 5.19. The molecule has 2 aromatic heterocycles. The third-order valence-electron chi connectivity index (χ3n) is 5.27. The molecule has 0 unspecified atom stereocenters. The minimum Gasteiger partial charge on any atom is -0.366 e. The highest BCUT2D eigenvalue weighted by atomic mass is 19.3. The van der Waals surface area contributed by atoms with Gasteiger partial charge in [-0.05, 0) is 51.1 Å². The summed E-state index contributed by atoms with van der Waals surface area (Å²) in [5.74, 6) is 5.07. The fourth-order valence-corrected chi connectivity index (χ4v) is 3.51. The topological polar surface area (TPSA) is 64.3 Å². The lowest BCUT2D eigenvalue weighted by molar-refractivity contribution is 0.0741. The number of methoxy groups -OCH3 is 1. The number of rotatable bonds is 5. The van der Waals surface area contributed by atoms with Crippen LogP contribution in [0.3, 0.4) is 0 Å². The number of aryl methyl sites for hydroxylation is 1. The van der Waals surface area contributed by atoms with Crippen molar-refractivity contribution < 1.29 is 22.3 Å². The maximum atomic E-state index is 14.7. The minimum absolute atomic E-state index is 0.0479. The van der Waals surface area contributed by atoms with Crippen LogP contribution in [0.2, 0.25) is 0 Å². The molecular weight excluding hydrogens is 450 g/mol. The van der Waals surface area contributed by atoms with Crippen LogP contribution >= 0.6 is 0 Å². The van der Waals surface area contributed by atoms with Gasteiger partial charge in [0.2, 0.25) is 6.43 Å². The molecule has 0 amide bonds. The molecule has 1 N–H and O–H groups in total. The van der Waals surface area contributed by atoms with E-state index in [0.717, 1.165) is 6.07 Å². The molecule has 0 spiro atoms. The van der Waals surface area contributed by atoms with Crippen molar-refractivity contribution in [3.63, 3.8) is 0 Å². The van der Waals surface area contributed by atoms with Crippen molar-refractivity contribution in [1.29, 1.82) is 0 Å². The summed E-state index contributed by atoms with van der Waals surface area (Å²) in [6, 6.07) is 6.59. The Hall–Kier alpha value is -3.71. The van der Waals surface area contributed by atoms with E-state index in [-0.39, 0.29) is 28.2 Å². The van der Waals surface area contributed by atoms with Crippen LogP contribution in [0.4, 0.5) is 29.1 Å². The van der Waals surface area contributed by atoms with Gasteiger partial charge in [0.05, 0.1) is 5.52 Å². The predicted molar refractivity (Wildman–Crippen MR) is 120 cm³/mol. The van der Waals surface area contributed by atoms with Crippen LogP contribution in [0.5, 0.6) is 0 Å². The van der Waals surface area contributed by atoms with Crippen molar-refractivity contribution in [2.75, 3.05) is 12.4 Å². The number of aromatic nitrogens is 4. The van der Waals surface area contributed by atoms with Gasteiger partial charge in [-0.1, -0.05) is 11.8 Å². The van der Waals surface area contributed by atoms with E-state index in [9.17, 15) is 17.6 Å². The average molecular weight is 471 g/mol. The molecular formula is C24H21F4N5O. The van der Waals surface area contributed by atoms with Crippen LogP contribution in [0.25, 0.3) is 16.7 Å². The Morgan fingerprint density at radius 3 is 2.62 bits per heavy atom. The third kappa shape index (κ3) is 4.65. The first-order valence-corrected chi connectivity index (χ1v) is 10.3. The lowest BCUT2D eigenvalue weighted by atomic mass is 10.0. The molecule has 0 saturated carbocycles. The Kier molecular flexibility index (Phi) is 6.15. The van der Waals surface area contributed by atoms with Crippen molar-refractivity contribution in [1.82, 2.24) is 19.6 Å². The zero-order valence-electron chi connectivity index (χ0n) is 18.9. The van der Waals surface area contributed by atoms with Crippen molar-refractivity contribution in [3.05, 3.63) is 58.9 Å². The summed E-state index contributed by atoms with van der Waals surface area (Å²) in [7, 11) is 1.52. The van der Waals surface area contributed by atoms with Gasteiger partial charge >= 0.3 is 0 Å². The summed E-state index contributed by atoms with van der Waals surface area (Å²) in [6.07, 6.45) is -3.61. The molecule has 2 heterocycles. The summed E-state index contributed by atoms with van der Waals surface area (Å²) in [4.78, 5) is 4.37. The van der Waals surface area contributed by atoms with E-state index >= 15 is 0 Å². The smallest absolute Gasteiger partial charge is 0.257 e. The molecule has 0 aliphatic carbocycles. The molecule has 0 radical (unpaired) electrons. The van der Waals surface area contributed by atoms with E-state index in [4.69, 9.17) is 4.74 Å². The van der Waals surface area contributed by atoms with Crippen molar-refractivity contribution >= 4 is 28.2 Å². The van der Waals surface area contributed by atoms with Gasteiger partial charge in [-0.2, -0.15) is 4.98 Å². The second kappa shape index (κ2) is 8.91. The van der Waals surface area contributed by atoms with E-state index in [1.165, 1.54) is 25.3 Å². The molecule has 4 rings (SSSR count). The summed E-state index contributed by atoms with van der Waals surface area (Å²) in [5.41, 5.74) is 0.0493. The highest BCUT2D eigenvalue weighted by Gasteiger charge is 2.21. The quantitative estimate of drug-likeness (QED) is 0.321. The van der Waals surface area contributed by atoms with Gasteiger partial charge < -0.3 is 10.1 Å². The molecule has 0 atom stereocenters. The molecule has 2 aromatic carbocycles. The molecule has 0 aliphatic rings. The fourth-order valence-electron chi connectivity index (χ4n) is 3.51. The molecule has 176 valence electrons. The number of fused-ring (bicyclic) bond motifs is 3. The van der Waals surface area contributed by atoms with Crippen LogP contribution in [0.1, 0.15) is 30.8 Å². The first-order valence-electron chi connectivity index (χ1n) is 10.3. The van der Waals surface area contributed by atoms with E-state index in [1.54, 1.807) is 31.2 Å². The lowest BCUT2D eigenvalue weighted by Gasteiger charge is -2.15. The van der Waals surface area contributed by atoms with Gasteiger partial charge in [-0.15, -0.1) is 10.2 Å². The van der Waals surface area contributed by atoms with E-state index in [2.05, 4.69) is 32.3 Å². The summed E-state index contributed by atoms with van der Waals surface area (Å²) in [5, 5.41) is 11.0. The first kappa shape index (κ1) is 23.4. The number of hydrogen-bond donors (Lipinski definition) is 1. The average Bonchev–Trinajstić information content (AvgIpc) is 3.14. The Morgan fingerprint density at radius 2 is 1.91 bits per heavy atom. The van der Waals surface area contributed by atoms with Crippen LogP contribution in [-0.2, 0) is 11.2 Å². The second-order valence-corrected chi connectivity index (χ2v) is 8.18. The minimum atomic E-state index is -2.79. The number of nitrogens with one attached hydrogen (secondary N) is 1. The molecule has 10 heteroatoms. The van der Waals surface area contributed by atoms with Crippen molar-refractivity contribution in [3.8, 4) is 11.8 Å². The highest BCUT2D eigenvalue weighted by Crippen LogP contribution is 2.32. The molecule has 34 heavy (non-hydrogen) atoms. The Morgan fingerprint density at radius 1 is 1.15 bits per heavy atom.